The minimum atomic E-state index is 0. The van der Waals surface area contributed by atoms with Gasteiger partial charge in [0.15, 0.2) is 5.96 Å². The molecule has 158 valence electrons. The van der Waals surface area contributed by atoms with E-state index in [9.17, 15) is 0 Å². The molecular formula is C22H32IN5O. The SMILES string of the molecule is CCNC(=NCC1(c2ccccc2C)CC1)N1CCN(Cc2ccon2)CC1.I. The molecule has 0 radical (unpaired) electrons. The predicted molar refractivity (Wildman–Crippen MR) is 127 cm³/mol. The van der Waals surface area contributed by atoms with E-state index in [0.29, 0.717) is 0 Å². The number of aliphatic imine (C=N–C) groups is 1. The van der Waals surface area contributed by atoms with Gasteiger partial charge in [-0.05, 0) is 37.8 Å². The molecule has 7 heteroatoms. The highest BCUT2D eigenvalue weighted by Gasteiger charge is 2.45. The Hall–Kier alpha value is -1.61. The van der Waals surface area contributed by atoms with E-state index >= 15 is 0 Å². The second-order valence-electron chi connectivity index (χ2n) is 8.02. The zero-order valence-electron chi connectivity index (χ0n) is 17.4. The third-order valence-corrected chi connectivity index (χ3v) is 5.99. The van der Waals surface area contributed by atoms with Gasteiger partial charge in [-0.3, -0.25) is 9.89 Å². The van der Waals surface area contributed by atoms with Gasteiger partial charge in [0, 0.05) is 50.7 Å². The van der Waals surface area contributed by atoms with Gasteiger partial charge in [-0.25, -0.2) is 0 Å². The first-order valence-corrected chi connectivity index (χ1v) is 10.4. The van der Waals surface area contributed by atoms with E-state index in [1.807, 2.05) is 6.07 Å². The largest absolute Gasteiger partial charge is 0.364 e. The Kier molecular flexibility index (Phi) is 7.56. The van der Waals surface area contributed by atoms with E-state index in [0.717, 1.165) is 57.5 Å². The van der Waals surface area contributed by atoms with Crippen molar-refractivity contribution in [1.29, 1.82) is 0 Å². The first-order valence-electron chi connectivity index (χ1n) is 10.4. The number of hydrogen-bond acceptors (Lipinski definition) is 4. The second-order valence-corrected chi connectivity index (χ2v) is 8.02. The lowest BCUT2D eigenvalue weighted by Gasteiger charge is -2.36. The second kappa shape index (κ2) is 9.93. The number of benzene rings is 1. The first-order chi connectivity index (χ1) is 13.7. The topological polar surface area (TPSA) is 56.9 Å². The first kappa shape index (κ1) is 22.1. The molecule has 2 aliphatic rings. The molecule has 1 saturated heterocycles. The number of rotatable bonds is 6. The molecule has 1 saturated carbocycles. The molecule has 0 atom stereocenters. The van der Waals surface area contributed by atoms with E-state index in [-0.39, 0.29) is 29.4 Å². The summed E-state index contributed by atoms with van der Waals surface area (Å²) < 4.78 is 4.95. The quantitative estimate of drug-likeness (QED) is 0.368. The summed E-state index contributed by atoms with van der Waals surface area (Å²) in [4.78, 5) is 9.90. The average molecular weight is 509 g/mol. The number of piperazine rings is 1. The molecule has 0 amide bonds. The van der Waals surface area contributed by atoms with Gasteiger partial charge in [0.05, 0.1) is 12.2 Å². The van der Waals surface area contributed by atoms with E-state index in [2.05, 4.69) is 58.4 Å². The number of halogens is 1. The Morgan fingerprint density at radius 2 is 1.93 bits per heavy atom. The van der Waals surface area contributed by atoms with Crippen LogP contribution >= 0.6 is 24.0 Å². The number of nitrogens with one attached hydrogen (secondary N) is 1. The molecule has 1 aromatic heterocycles. The van der Waals surface area contributed by atoms with Gasteiger partial charge in [-0.15, -0.1) is 24.0 Å². The van der Waals surface area contributed by atoms with E-state index in [1.54, 1.807) is 6.26 Å². The average Bonchev–Trinajstić information content (AvgIpc) is 3.32. The fourth-order valence-electron chi connectivity index (χ4n) is 4.15. The van der Waals surface area contributed by atoms with Crippen molar-refractivity contribution < 1.29 is 4.52 Å². The van der Waals surface area contributed by atoms with E-state index in [4.69, 9.17) is 9.52 Å². The van der Waals surface area contributed by atoms with Crippen molar-refractivity contribution >= 4 is 29.9 Å². The summed E-state index contributed by atoms with van der Waals surface area (Å²) in [6.07, 6.45) is 4.13. The van der Waals surface area contributed by atoms with Crippen LogP contribution in [0.2, 0.25) is 0 Å². The fourth-order valence-corrected chi connectivity index (χ4v) is 4.15. The Morgan fingerprint density at radius 1 is 1.17 bits per heavy atom. The van der Waals surface area contributed by atoms with Crippen LogP contribution in [0.15, 0.2) is 46.1 Å². The number of nitrogens with zero attached hydrogens (tertiary/aromatic N) is 4. The lowest BCUT2D eigenvalue weighted by atomic mass is 9.92. The maximum atomic E-state index is 5.08. The fraction of sp³-hybridized carbons (Fsp3) is 0.545. The Balaban J connectivity index is 0.00000240. The highest BCUT2D eigenvalue weighted by atomic mass is 127. The van der Waals surface area contributed by atoms with Gasteiger partial charge < -0.3 is 14.7 Å². The van der Waals surface area contributed by atoms with Gasteiger partial charge in [0.1, 0.15) is 6.26 Å². The Morgan fingerprint density at radius 3 is 2.55 bits per heavy atom. The van der Waals surface area contributed by atoms with Crippen molar-refractivity contribution in [2.24, 2.45) is 4.99 Å². The van der Waals surface area contributed by atoms with Crippen molar-refractivity contribution in [3.05, 3.63) is 53.4 Å². The van der Waals surface area contributed by atoms with Crippen LogP contribution in [-0.4, -0.2) is 60.2 Å². The molecule has 1 N–H and O–H groups in total. The maximum Gasteiger partial charge on any atom is 0.194 e. The standard InChI is InChI=1S/C22H31N5O.HI/c1-3-23-21(24-17-22(9-10-22)20-7-5-4-6-18(20)2)27-13-11-26(12-14-27)16-19-8-15-28-25-19;/h4-8,15H,3,9-14,16-17H2,1-2H3,(H,23,24);1H. The van der Waals surface area contributed by atoms with E-state index in [1.165, 1.54) is 24.0 Å². The monoisotopic (exact) mass is 509 g/mol. The van der Waals surface area contributed by atoms with E-state index < -0.39 is 0 Å². The minimum absolute atomic E-state index is 0. The third-order valence-electron chi connectivity index (χ3n) is 5.99. The minimum Gasteiger partial charge on any atom is -0.364 e. The molecule has 0 unspecified atom stereocenters. The Labute approximate surface area is 190 Å². The van der Waals surface area contributed by atoms with Gasteiger partial charge >= 0.3 is 0 Å². The zero-order valence-corrected chi connectivity index (χ0v) is 19.8. The summed E-state index contributed by atoms with van der Waals surface area (Å²) in [5.74, 6) is 1.06. The number of aryl methyl sites for hydroxylation is 1. The zero-order chi connectivity index (χ0) is 19.4. The molecule has 6 nitrogen and oxygen atoms in total. The van der Waals surface area contributed by atoms with Gasteiger partial charge in [0.2, 0.25) is 0 Å². The van der Waals surface area contributed by atoms with Gasteiger partial charge in [0.25, 0.3) is 0 Å². The molecular weight excluding hydrogens is 477 g/mol. The molecule has 2 heterocycles. The van der Waals surface area contributed by atoms with Crippen LogP contribution in [0, 0.1) is 6.92 Å². The molecule has 2 aromatic rings. The summed E-state index contributed by atoms with van der Waals surface area (Å²) in [6, 6.07) is 10.7. The summed E-state index contributed by atoms with van der Waals surface area (Å²) >= 11 is 0. The predicted octanol–water partition coefficient (Wildman–Crippen LogP) is 3.42. The lowest BCUT2D eigenvalue weighted by molar-refractivity contribution is 0.169. The Bertz CT molecular complexity index is 795. The highest BCUT2D eigenvalue weighted by molar-refractivity contribution is 14.0. The summed E-state index contributed by atoms with van der Waals surface area (Å²) in [5, 5.41) is 7.54. The van der Waals surface area contributed by atoms with Crippen molar-refractivity contribution in [3.8, 4) is 0 Å². The van der Waals surface area contributed by atoms with Crippen molar-refractivity contribution in [2.75, 3.05) is 39.3 Å². The lowest BCUT2D eigenvalue weighted by Crippen LogP contribution is -2.52. The van der Waals surface area contributed by atoms with Crippen LogP contribution < -0.4 is 5.32 Å². The summed E-state index contributed by atoms with van der Waals surface area (Å²) in [7, 11) is 0. The van der Waals surface area contributed by atoms with Crippen molar-refractivity contribution in [2.45, 2.75) is 38.6 Å². The van der Waals surface area contributed by atoms with Crippen LogP contribution in [0.1, 0.15) is 36.6 Å². The number of hydrogen-bond donors (Lipinski definition) is 1. The van der Waals surface area contributed by atoms with Crippen LogP contribution in [-0.2, 0) is 12.0 Å². The molecule has 0 bridgehead atoms. The van der Waals surface area contributed by atoms with Crippen LogP contribution in [0.4, 0.5) is 0 Å². The van der Waals surface area contributed by atoms with Crippen LogP contribution in [0.25, 0.3) is 0 Å². The molecule has 0 spiro atoms. The van der Waals surface area contributed by atoms with Crippen LogP contribution in [0.5, 0.6) is 0 Å². The number of aromatic nitrogens is 1. The summed E-state index contributed by atoms with van der Waals surface area (Å²) in [6.45, 7) is 11.0. The maximum absolute atomic E-state index is 5.08. The summed E-state index contributed by atoms with van der Waals surface area (Å²) in [5.41, 5.74) is 4.12. The van der Waals surface area contributed by atoms with Gasteiger partial charge in [-0.2, -0.15) is 0 Å². The molecule has 1 aromatic carbocycles. The van der Waals surface area contributed by atoms with Crippen LogP contribution in [0.3, 0.4) is 0 Å². The molecule has 1 aliphatic heterocycles. The highest BCUT2D eigenvalue weighted by Crippen LogP contribution is 2.49. The molecule has 29 heavy (non-hydrogen) atoms. The molecule has 4 rings (SSSR count). The molecule has 1 aliphatic carbocycles. The smallest absolute Gasteiger partial charge is 0.194 e. The van der Waals surface area contributed by atoms with Gasteiger partial charge in [-0.1, -0.05) is 29.4 Å². The third kappa shape index (κ3) is 5.31. The molecule has 2 fully saturated rings. The number of guanidine groups is 1. The van der Waals surface area contributed by atoms with Crippen molar-refractivity contribution in [3.63, 3.8) is 0 Å². The normalized spacial score (nSPS) is 19.0. The van der Waals surface area contributed by atoms with Crippen molar-refractivity contribution in [1.82, 2.24) is 20.3 Å².